The van der Waals surface area contributed by atoms with E-state index in [4.69, 9.17) is 23.4 Å². The maximum absolute atomic E-state index is 14.4. The number of piperidine rings is 1. The van der Waals surface area contributed by atoms with Crippen molar-refractivity contribution in [1.29, 1.82) is 0 Å². The van der Waals surface area contributed by atoms with E-state index in [1.165, 1.54) is 12.0 Å². The molecule has 1 aromatic heterocycles. The molecule has 68 heavy (non-hydrogen) atoms. The van der Waals surface area contributed by atoms with Crippen LogP contribution < -0.4 is 0 Å². The van der Waals surface area contributed by atoms with Crippen LogP contribution in [0.5, 0.6) is 0 Å². The van der Waals surface area contributed by atoms with Crippen LogP contribution in [0.25, 0.3) is 0 Å². The number of cyclic esters (lactones) is 1. The summed E-state index contributed by atoms with van der Waals surface area (Å²) in [6, 6.07) is 2.51. The van der Waals surface area contributed by atoms with Gasteiger partial charge in [-0.3, -0.25) is 19.2 Å². The van der Waals surface area contributed by atoms with Crippen LogP contribution in [0.3, 0.4) is 0 Å². The van der Waals surface area contributed by atoms with Crippen molar-refractivity contribution in [3.05, 3.63) is 71.8 Å². The third kappa shape index (κ3) is 13.8. The number of hydrogen-bond acceptors (Lipinski definition) is 13. The van der Waals surface area contributed by atoms with E-state index in [1.807, 2.05) is 64.1 Å². The summed E-state index contributed by atoms with van der Waals surface area (Å²) in [5.41, 5.74) is 1.25. The zero-order valence-corrected chi connectivity index (χ0v) is 41.8. The molecule has 0 aromatic carbocycles. The zero-order valence-electron chi connectivity index (χ0n) is 41.8. The highest BCUT2D eigenvalue weighted by molar-refractivity contribution is 6.39. The normalized spacial score (nSPS) is 36.7. The fraction of sp³-hybridized carbons (Fsp3) is 0.685. The van der Waals surface area contributed by atoms with E-state index < -0.39 is 77.8 Å². The molecule has 4 heterocycles. The fourth-order valence-corrected chi connectivity index (χ4v) is 10.7. The van der Waals surface area contributed by atoms with Gasteiger partial charge in [-0.25, -0.2) is 4.79 Å². The van der Waals surface area contributed by atoms with Crippen LogP contribution in [0.1, 0.15) is 137 Å². The van der Waals surface area contributed by atoms with Gasteiger partial charge < -0.3 is 43.6 Å². The second kappa shape index (κ2) is 25.2. The first kappa shape index (κ1) is 54.9. The lowest BCUT2D eigenvalue weighted by atomic mass is 9.78. The van der Waals surface area contributed by atoms with Gasteiger partial charge in [0.25, 0.3) is 11.7 Å². The Hall–Kier alpha value is -4.05. The average Bonchev–Trinajstić information content (AvgIpc) is 3.86. The van der Waals surface area contributed by atoms with Crippen LogP contribution in [-0.2, 0) is 42.9 Å². The van der Waals surface area contributed by atoms with Crippen LogP contribution in [0.2, 0.25) is 0 Å². The molecule has 0 spiro atoms. The van der Waals surface area contributed by atoms with Crippen molar-refractivity contribution >= 4 is 29.2 Å². The third-order valence-electron chi connectivity index (χ3n) is 15.2. The summed E-state index contributed by atoms with van der Waals surface area (Å²) < 4.78 is 29.6. The molecule has 3 fully saturated rings. The van der Waals surface area contributed by atoms with Crippen LogP contribution in [0.4, 0.5) is 0 Å². The number of carbonyl (C=O) groups is 5. The number of methoxy groups -OCH3 is 2. The molecule has 1 saturated carbocycles. The zero-order chi connectivity index (χ0) is 49.9. The van der Waals surface area contributed by atoms with E-state index >= 15 is 0 Å². The maximum atomic E-state index is 14.4. The second-order valence-electron chi connectivity index (χ2n) is 20.4. The van der Waals surface area contributed by atoms with Gasteiger partial charge in [0.2, 0.25) is 5.79 Å². The Labute approximate surface area is 403 Å². The van der Waals surface area contributed by atoms with Gasteiger partial charge in [-0.15, -0.1) is 0 Å². The molecular weight excluding hydrogens is 871 g/mol. The summed E-state index contributed by atoms with van der Waals surface area (Å²) in [6.45, 7) is 12.8. The molecule has 14 nitrogen and oxygen atoms in total. The van der Waals surface area contributed by atoms with Gasteiger partial charge >= 0.3 is 5.97 Å². The van der Waals surface area contributed by atoms with Gasteiger partial charge in [0, 0.05) is 50.9 Å². The summed E-state index contributed by atoms with van der Waals surface area (Å²) in [7, 11) is 2.95. The number of esters is 1. The molecule has 4 aliphatic rings. The molecular formula is C54H79NO13. The number of aliphatic hydroxyl groups excluding tert-OH is 2. The number of amides is 1. The van der Waals surface area contributed by atoms with Crippen molar-refractivity contribution in [1.82, 2.24) is 4.90 Å². The lowest BCUT2D eigenvalue weighted by Crippen LogP contribution is -2.60. The summed E-state index contributed by atoms with van der Waals surface area (Å²) in [6.07, 6.45) is 13.3. The number of ether oxygens (including phenoxy) is 4. The van der Waals surface area contributed by atoms with Crippen molar-refractivity contribution in [2.45, 2.75) is 180 Å². The van der Waals surface area contributed by atoms with Crippen molar-refractivity contribution in [3.8, 4) is 0 Å². The van der Waals surface area contributed by atoms with E-state index in [9.17, 15) is 39.3 Å². The Bertz CT molecular complexity index is 1990. The molecule has 1 aliphatic carbocycles. The predicted octanol–water partition coefficient (Wildman–Crippen LogP) is 7.54. The topological polar surface area (TPSA) is 199 Å². The molecule has 2 saturated heterocycles. The number of carbonyl (C=O) groups excluding carboxylic acids is 5. The average molecular weight is 950 g/mol. The molecule has 8 unspecified atom stereocenters. The van der Waals surface area contributed by atoms with Gasteiger partial charge in [-0.1, -0.05) is 76.6 Å². The Kier molecular flexibility index (Phi) is 20.3. The minimum absolute atomic E-state index is 0.0119. The lowest BCUT2D eigenvalue weighted by Gasteiger charge is -2.42. The number of furan rings is 1. The quantitative estimate of drug-likeness (QED) is 0.187. The largest absolute Gasteiger partial charge is 0.469 e. The van der Waals surface area contributed by atoms with E-state index in [1.54, 1.807) is 46.3 Å². The highest BCUT2D eigenvalue weighted by atomic mass is 16.6. The standard InChI is InChI=1S/C54H79NO13/c1-32-16-11-10-12-17-33(2)41(45-19-15-25-66-45)30-40-22-20-38(7)54(63,68-40)51(60)52(61)55-24-14-13-18-42(55)53(62)67-46(35(4)28-39-21-23-43(56)47(29-39)64-8)31-44(57)34(3)27-37(6)49(59)50(65-9)48(58)36(5)26-32/h10-12,15-17,19,25,27,32,35-43,46-47,49-50,56,59,63H,13-14,18,20-24,26,28-31H2,1-9H3/t32?,35-,36?,37?,38-,39?,40+,41?,42?,43-,46?,47-,49?,50+,54-/m1/s1. The van der Waals surface area contributed by atoms with Crippen LogP contribution in [0, 0.1) is 35.5 Å². The van der Waals surface area contributed by atoms with E-state index in [0.717, 1.165) is 12.0 Å². The van der Waals surface area contributed by atoms with Gasteiger partial charge in [0.15, 0.2) is 11.6 Å². The Morgan fingerprint density at radius 2 is 1.65 bits per heavy atom. The van der Waals surface area contributed by atoms with Gasteiger partial charge in [-0.05, 0) is 120 Å². The number of aliphatic hydroxyl groups is 3. The maximum Gasteiger partial charge on any atom is 0.329 e. The van der Waals surface area contributed by atoms with Crippen molar-refractivity contribution < 1.29 is 62.7 Å². The fourth-order valence-electron chi connectivity index (χ4n) is 10.7. The lowest BCUT2D eigenvalue weighted by molar-refractivity contribution is -0.264. The van der Waals surface area contributed by atoms with Gasteiger partial charge in [0.1, 0.15) is 24.0 Å². The van der Waals surface area contributed by atoms with Crippen LogP contribution >= 0.6 is 0 Å². The number of fused-ring (bicyclic) bond motifs is 3. The molecule has 1 amide bonds. The van der Waals surface area contributed by atoms with E-state index in [0.29, 0.717) is 69.1 Å². The molecule has 15 atom stereocenters. The van der Waals surface area contributed by atoms with Crippen molar-refractivity contribution in [3.63, 3.8) is 0 Å². The number of hydrogen-bond donors (Lipinski definition) is 3. The number of rotatable bonds is 6. The molecule has 2 bridgehead atoms. The Balaban J connectivity index is 1.49. The van der Waals surface area contributed by atoms with E-state index in [2.05, 4.69) is 0 Å². The first-order valence-electron chi connectivity index (χ1n) is 25.0. The monoisotopic (exact) mass is 950 g/mol. The minimum Gasteiger partial charge on any atom is -0.469 e. The number of nitrogens with zero attached hydrogens (tertiary/aromatic N) is 1. The molecule has 5 rings (SSSR count). The minimum atomic E-state index is -2.45. The van der Waals surface area contributed by atoms with Crippen LogP contribution in [-0.4, -0.2) is 119 Å². The Morgan fingerprint density at radius 1 is 0.897 bits per heavy atom. The van der Waals surface area contributed by atoms with Gasteiger partial charge in [0.05, 0.1) is 30.7 Å². The highest BCUT2D eigenvalue weighted by Gasteiger charge is 2.53. The smallest absolute Gasteiger partial charge is 0.329 e. The summed E-state index contributed by atoms with van der Waals surface area (Å²) in [5.74, 6) is -7.61. The van der Waals surface area contributed by atoms with Crippen molar-refractivity contribution in [2.75, 3.05) is 20.8 Å². The highest BCUT2D eigenvalue weighted by Crippen LogP contribution is 2.40. The van der Waals surface area contributed by atoms with Crippen LogP contribution in [0.15, 0.2) is 70.4 Å². The number of allylic oxidation sites excluding steroid dienone is 7. The SMILES string of the molecule is CO[C@H]1C(=O)C(C)CC(C)C=CC=CC=C(C)C(c2ccco2)C[C@@H]2CC[C@@H](C)[C@@](O)(O2)C(=O)C(=O)N2CCCCC2C(=O)OC([C@H](C)CC2CC[C@@H](O)[C@H](OC)C2)CC(=O)C(C)=CC(C)C1O. The summed E-state index contributed by atoms with van der Waals surface area (Å²) >= 11 is 0. The summed E-state index contributed by atoms with van der Waals surface area (Å²) in [4.78, 5) is 72.3. The van der Waals surface area contributed by atoms with Gasteiger partial charge in [-0.2, -0.15) is 0 Å². The third-order valence-corrected chi connectivity index (χ3v) is 15.2. The summed E-state index contributed by atoms with van der Waals surface area (Å²) in [5, 5.41) is 34.1. The molecule has 378 valence electrons. The predicted molar refractivity (Wildman–Crippen MR) is 256 cm³/mol. The molecule has 1 aromatic rings. The molecule has 3 aliphatic heterocycles. The molecule has 3 N–H and O–H groups in total. The first-order chi connectivity index (χ1) is 32.3. The Morgan fingerprint density at radius 3 is 2.34 bits per heavy atom. The van der Waals surface area contributed by atoms with E-state index in [-0.39, 0.29) is 60.7 Å². The first-order valence-corrected chi connectivity index (χ1v) is 25.0. The second-order valence-corrected chi connectivity index (χ2v) is 20.4. The molecule has 14 heteroatoms. The number of Topliss-reactive ketones (excluding diaryl/α,β-unsaturated/α-hetero) is 3. The van der Waals surface area contributed by atoms with Crippen molar-refractivity contribution in [2.24, 2.45) is 35.5 Å². The number of ketones is 3. The molecule has 0 radical (unpaired) electrons.